The van der Waals surface area contributed by atoms with Crippen molar-refractivity contribution in [3.63, 3.8) is 0 Å². The van der Waals surface area contributed by atoms with E-state index in [0.29, 0.717) is 0 Å². The molecule has 0 spiro atoms. The lowest BCUT2D eigenvalue weighted by atomic mass is 9.80. The molecule has 0 radical (unpaired) electrons. The van der Waals surface area contributed by atoms with Gasteiger partial charge >= 0.3 is 29.8 Å². The maximum Gasteiger partial charge on any atom is 0.303 e. The minimum absolute atomic E-state index is 0.0270. The first-order chi connectivity index (χ1) is 12.5. The van der Waals surface area contributed by atoms with Gasteiger partial charge in [0.05, 0.1) is 5.92 Å². The summed E-state index contributed by atoms with van der Waals surface area (Å²) in [7, 11) is 0. The average Bonchev–Trinajstić information content (AvgIpc) is 2.48. The lowest BCUT2D eigenvalue weighted by molar-refractivity contribution is -0.216. The number of hydrogen-bond donors (Lipinski definition) is 0. The molecular formula is C17H24O10. The molecule has 0 aromatic rings. The van der Waals surface area contributed by atoms with Crippen LogP contribution in [0, 0.1) is 5.92 Å². The summed E-state index contributed by atoms with van der Waals surface area (Å²) in [6.45, 7) is 5.57. The van der Waals surface area contributed by atoms with Crippen LogP contribution < -0.4 is 0 Å². The van der Waals surface area contributed by atoms with E-state index in [4.69, 9.17) is 23.7 Å². The Hall–Kier alpha value is -2.65. The Morgan fingerprint density at radius 1 is 0.630 bits per heavy atom. The highest BCUT2D eigenvalue weighted by Crippen LogP contribution is 2.34. The van der Waals surface area contributed by atoms with Crippen molar-refractivity contribution < 1.29 is 47.7 Å². The van der Waals surface area contributed by atoms with Crippen LogP contribution in [0.25, 0.3) is 0 Å². The first-order valence-corrected chi connectivity index (χ1v) is 8.33. The third kappa shape index (κ3) is 7.24. The number of carbonyl (C=O) groups excluding carboxylic acids is 5. The summed E-state index contributed by atoms with van der Waals surface area (Å²) in [4.78, 5) is 57.3. The van der Waals surface area contributed by atoms with Crippen LogP contribution in [0.2, 0.25) is 0 Å². The molecule has 0 aromatic heterocycles. The predicted molar refractivity (Wildman–Crippen MR) is 87.0 cm³/mol. The molecule has 5 atom stereocenters. The maximum atomic E-state index is 11.6. The van der Waals surface area contributed by atoms with Crippen molar-refractivity contribution in [3.05, 3.63) is 0 Å². The molecule has 1 rings (SSSR count). The summed E-state index contributed by atoms with van der Waals surface area (Å²) in [5.41, 5.74) is 0. The second kappa shape index (κ2) is 9.89. The fraction of sp³-hybridized carbons (Fsp3) is 0.706. The largest absolute Gasteiger partial charge is 0.465 e. The van der Waals surface area contributed by atoms with Crippen molar-refractivity contribution in [3.8, 4) is 0 Å². The molecule has 152 valence electrons. The third-order valence-electron chi connectivity index (χ3n) is 3.77. The van der Waals surface area contributed by atoms with Crippen molar-refractivity contribution in [1.82, 2.24) is 0 Å². The Morgan fingerprint density at radius 2 is 1.07 bits per heavy atom. The molecule has 0 saturated heterocycles. The van der Waals surface area contributed by atoms with Gasteiger partial charge in [0.25, 0.3) is 0 Å². The van der Waals surface area contributed by atoms with E-state index in [1.165, 1.54) is 13.8 Å². The quantitative estimate of drug-likeness (QED) is 0.462. The van der Waals surface area contributed by atoms with E-state index in [0.717, 1.165) is 20.8 Å². The number of carbonyl (C=O) groups is 5. The highest BCUT2D eigenvalue weighted by molar-refractivity contribution is 5.69. The van der Waals surface area contributed by atoms with Gasteiger partial charge in [-0.25, -0.2) is 0 Å². The lowest BCUT2D eigenvalue weighted by Crippen LogP contribution is -2.59. The monoisotopic (exact) mass is 388 g/mol. The highest BCUT2D eigenvalue weighted by atomic mass is 16.6. The lowest BCUT2D eigenvalue weighted by Gasteiger charge is -2.43. The smallest absolute Gasteiger partial charge is 0.303 e. The van der Waals surface area contributed by atoms with Crippen molar-refractivity contribution in [2.75, 3.05) is 6.61 Å². The molecule has 0 heterocycles. The fourth-order valence-corrected chi connectivity index (χ4v) is 2.98. The van der Waals surface area contributed by atoms with E-state index >= 15 is 0 Å². The minimum Gasteiger partial charge on any atom is -0.465 e. The summed E-state index contributed by atoms with van der Waals surface area (Å²) in [6, 6.07) is 0. The fourth-order valence-electron chi connectivity index (χ4n) is 2.98. The normalized spacial score (nSPS) is 27.1. The second-order valence-corrected chi connectivity index (χ2v) is 6.15. The van der Waals surface area contributed by atoms with E-state index in [-0.39, 0.29) is 13.0 Å². The second-order valence-electron chi connectivity index (χ2n) is 6.15. The van der Waals surface area contributed by atoms with Crippen molar-refractivity contribution in [1.29, 1.82) is 0 Å². The zero-order chi connectivity index (χ0) is 20.7. The molecule has 27 heavy (non-hydrogen) atoms. The number of esters is 5. The molecule has 1 aliphatic rings. The van der Waals surface area contributed by atoms with Gasteiger partial charge < -0.3 is 23.7 Å². The van der Waals surface area contributed by atoms with Crippen molar-refractivity contribution >= 4 is 29.8 Å². The summed E-state index contributed by atoms with van der Waals surface area (Å²) in [5.74, 6) is -4.08. The average molecular weight is 388 g/mol. The van der Waals surface area contributed by atoms with Crippen LogP contribution in [0.1, 0.15) is 41.0 Å². The van der Waals surface area contributed by atoms with Gasteiger partial charge in [0, 0.05) is 41.0 Å². The molecule has 0 aliphatic heterocycles. The van der Waals surface area contributed by atoms with Crippen LogP contribution in [0.15, 0.2) is 0 Å². The zero-order valence-corrected chi connectivity index (χ0v) is 15.9. The van der Waals surface area contributed by atoms with Gasteiger partial charge in [0.1, 0.15) is 18.8 Å². The van der Waals surface area contributed by atoms with Gasteiger partial charge in [0.15, 0.2) is 12.2 Å². The molecule has 1 saturated carbocycles. The molecular weight excluding hydrogens is 364 g/mol. The molecule has 0 N–H and O–H groups in total. The van der Waals surface area contributed by atoms with E-state index < -0.39 is 60.2 Å². The maximum absolute atomic E-state index is 11.6. The third-order valence-corrected chi connectivity index (χ3v) is 3.77. The Morgan fingerprint density at radius 3 is 1.52 bits per heavy atom. The Kier molecular flexibility index (Phi) is 8.20. The standard InChI is InChI=1S/C17H24O10/c1-8(18)23-7-13-14(24-9(2)19)6-15(25-10(3)20)17(27-12(5)22)16(13)26-11(4)21/h13-17H,6-7H2,1-5H3/t13-,14+,15+,16+,17-/m1/s1. The number of rotatable bonds is 6. The Balaban J connectivity index is 3.29. The van der Waals surface area contributed by atoms with Gasteiger partial charge in [-0.1, -0.05) is 0 Å². The van der Waals surface area contributed by atoms with E-state index in [9.17, 15) is 24.0 Å². The zero-order valence-electron chi connectivity index (χ0n) is 15.9. The topological polar surface area (TPSA) is 132 Å². The van der Waals surface area contributed by atoms with Crippen LogP contribution in [0.4, 0.5) is 0 Å². The van der Waals surface area contributed by atoms with Gasteiger partial charge in [0.2, 0.25) is 0 Å². The predicted octanol–water partition coefficient (Wildman–Crippen LogP) is 0.296. The van der Waals surface area contributed by atoms with Gasteiger partial charge in [-0.2, -0.15) is 0 Å². The molecule has 0 aromatic carbocycles. The van der Waals surface area contributed by atoms with Crippen LogP contribution in [0.5, 0.6) is 0 Å². The van der Waals surface area contributed by atoms with E-state index in [1.807, 2.05) is 0 Å². The number of hydrogen-bond acceptors (Lipinski definition) is 10. The summed E-state index contributed by atoms with van der Waals surface area (Å²) in [6.07, 6.45) is -4.26. The van der Waals surface area contributed by atoms with Crippen molar-refractivity contribution in [2.24, 2.45) is 5.92 Å². The van der Waals surface area contributed by atoms with Gasteiger partial charge in [-0.3, -0.25) is 24.0 Å². The Bertz CT molecular complexity index is 599. The summed E-state index contributed by atoms with van der Waals surface area (Å²) >= 11 is 0. The van der Waals surface area contributed by atoms with Crippen molar-refractivity contribution in [2.45, 2.75) is 65.5 Å². The van der Waals surface area contributed by atoms with Crippen LogP contribution in [-0.2, 0) is 47.7 Å². The van der Waals surface area contributed by atoms with E-state index in [1.54, 1.807) is 0 Å². The van der Waals surface area contributed by atoms with Gasteiger partial charge in [-0.05, 0) is 0 Å². The van der Waals surface area contributed by atoms with Crippen LogP contribution in [-0.4, -0.2) is 60.9 Å². The molecule has 10 nitrogen and oxygen atoms in total. The summed E-state index contributed by atoms with van der Waals surface area (Å²) in [5, 5.41) is 0. The first-order valence-electron chi connectivity index (χ1n) is 8.33. The van der Waals surface area contributed by atoms with Crippen LogP contribution >= 0.6 is 0 Å². The first kappa shape index (κ1) is 22.4. The van der Waals surface area contributed by atoms with Crippen LogP contribution in [0.3, 0.4) is 0 Å². The number of ether oxygens (including phenoxy) is 5. The molecule has 10 heteroatoms. The molecule has 0 amide bonds. The molecule has 0 bridgehead atoms. The van der Waals surface area contributed by atoms with E-state index in [2.05, 4.69) is 0 Å². The van der Waals surface area contributed by atoms with Gasteiger partial charge in [-0.15, -0.1) is 0 Å². The highest BCUT2D eigenvalue weighted by Gasteiger charge is 2.52. The molecule has 1 fully saturated rings. The summed E-state index contributed by atoms with van der Waals surface area (Å²) < 4.78 is 26.0. The molecule has 1 aliphatic carbocycles. The minimum atomic E-state index is -1.16. The Labute approximate surface area is 156 Å². The SMILES string of the molecule is CC(=O)OC[C@H]1[C@H](OC(C)=O)[C@H](OC(C)=O)[C@@H](OC(C)=O)C[C@@H]1OC(C)=O. The molecule has 0 unspecified atom stereocenters.